The first-order valence-corrected chi connectivity index (χ1v) is 9.13. The topological polar surface area (TPSA) is 113 Å². The minimum atomic E-state index is -3.93. The largest absolute Gasteiger partial charge is 0.452 e. The Labute approximate surface area is 153 Å². The zero-order valence-corrected chi connectivity index (χ0v) is 16.2. The van der Waals surface area contributed by atoms with Crippen molar-refractivity contribution in [3.8, 4) is 0 Å². The zero-order chi connectivity index (χ0) is 20.1. The number of ether oxygens (including phenoxy) is 1. The van der Waals surface area contributed by atoms with E-state index in [1.54, 1.807) is 0 Å². The third kappa shape index (κ3) is 5.81. The van der Waals surface area contributed by atoms with E-state index in [2.05, 4.69) is 5.32 Å². The highest BCUT2D eigenvalue weighted by Gasteiger charge is 2.26. The van der Waals surface area contributed by atoms with Crippen molar-refractivity contribution in [2.24, 2.45) is 0 Å². The van der Waals surface area contributed by atoms with E-state index >= 15 is 0 Å². The van der Waals surface area contributed by atoms with Crippen LogP contribution in [0.5, 0.6) is 0 Å². The number of hydrogen-bond acceptors (Lipinski definition) is 6. The first kappa shape index (κ1) is 21.6. The second-order valence-corrected chi connectivity index (χ2v) is 7.88. The molecule has 1 rings (SSSR count). The lowest BCUT2D eigenvalue weighted by Gasteiger charge is -2.20. The molecule has 0 spiro atoms. The monoisotopic (exact) mass is 385 g/mol. The lowest BCUT2D eigenvalue weighted by molar-refractivity contribution is -0.157. The minimum absolute atomic E-state index is 0.0423. The predicted octanol–water partition coefficient (Wildman–Crippen LogP) is 0.285. The number of nitrogens with one attached hydrogen (secondary N) is 1. The van der Waals surface area contributed by atoms with E-state index in [1.165, 1.54) is 64.2 Å². The van der Waals surface area contributed by atoms with Gasteiger partial charge in [-0.1, -0.05) is 0 Å². The van der Waals surface area contributed by atoms with Crippen LogP contribution in [0.15, 0.2) is 29.2 Å². The second kappa shape index (κ2) is 8.77. The van der Waals surface area contributed by atoms with Gasteiger partial charge in [0, 0.05) is 33.8 Å². The number of benzene rings is 1. The van der Waals surface area contributed by atoms with Gasteiger partial charge in [-0.3, -0.25) is 14.4 Å². The van der Waals surface area contributed by atoms with Crippen LogP contribution < -0.4 is 5.32 Å². The molecule has 10 heteroatoms. The summed E-state index contributed by atoms with van der Waals surface area (Å²) in [7, 11) is 0.349. The molecule has 26 heavy (non-hydrogen) atoms. The van der Waals surface area contributed by atoms with Gasteiger partial charge >= 0.3 is 5.97 Å². The molecule has 0 aliphatic carbocycles. The maximum absolute atomic E-state index is 12.5. The van der Waals surface area contributed by atoms with Crippen LogP contribution in [0.1, 0.15) is 13.8 Å². The molecular formula is C16H23N3O6S. The smallest absolute Gasteiger partial charge is 0.322 e. The highest BCUT2D eigenvalue weighted by atomic mass is 32.2. The first-order chi connectivity index (χ1) is 11.9. The van der Waals surface area contributed by atoms with Crippen LogP contribution in [-0.4, -0.2) is 69.2 Å². The number of likely N-dealkylation sites (N-methyl/N-ethyl adjacent to an activating group) is 2. The Morgan fingerprint density at radius 3 is 2.12 bits per heavy atom. The number of sulfonamides is 1. The third-order valence-electron chi connectivity index (χ3n) is 3.33. The van der Waals surface area contributed by atoms with Crippen LogP contribution in [-0.2, 0) is 29.1 Å². The maximum atomic E-state index is 12.5. The maximum Gasteiger partial charge on any atom is 0.322 e. The average molecular weight is 385 g/mol. The van der Waals surface area contributed by atoms with Crippen molar-refractivity contribution >= 4 is 33.5 Å². The molecule has 0 saturated heterocycles. The molecule has 0 aromatic heterocycles. The summed E-state index contributed by atoms with van der Waals surface area (Å²) in [5.41, 5.74) is 0.453. The summed E-state index contributed by atoms with van der Waals surface area (Å²) in [5, 5.41) is 2.53. The predicted molar refractivity (Wildman–Crippen MR) is 94.8 cm³/mol. The van der Waals surface area contributed by atoms with Gasteiger partial charge in [-0.15, -0.1) is 0 Å². The van der Waals surface area contributed by atoms with E-state index < -0.39 is 34.5 Å². The van der Waals surface area contributed by atoms with Crippen LogP contribution in [0.4, 0.5) is 5.69 Å². The standard InChI is InChI=1S/C16H23N3O6S/c1-11(16(22)18(3)4)25-15(21)10-19(5)26(23,24)14-8-6-13(7-9-14)17-12(2)20/h6-9,11H,10H2,1-5H3,(H,17,20)/t11-/m0/s1. The summed E-state index contributed by atoms with van der Waals surface area (Å²) in [5.74, 6) is -1.52. The highest BCUT2D eigenvalue weighted by molar-refractivity contribution is 7.89. The first-order valence-electron chi connectivity index (χ1n) is 7.69. The Kier molecular flexibility index (Phi) is 7.28. The summed E-state index contributed by atoms with van der Waals surface area (Å²) < 4.78 is 30.8. The Bertz CT molecular complexity index is 774. The quantitative estimate of drug-likeness (QED) is 0.675. The molecule has 0 radical (unpaired) electrons. The molecule has 144 valence electrons. The number of carbonyl (C=O) groups excluding carboxylic acids is 3. The number of esters is 1. The van der Waals surface area contributed by atoms with E-state index in [1.807, 2.05) is 0 Å². The molecule has 1 N–H and O–H groups in total. The summed E-state index contributed by atoms with van der Waals surface area (Å²) in [6.45, 7) is 2.21. The van der Waals surface area contributed by atoms with Gasteiger partial charge in [0.2, 0.25) is 15.9 Å². The number of hydrogen-bond donors (Lipinski definition) is 1. The van der Waals surface area contributed by atoms with Crippen LogP contribution in [0.25, 0.3) is 0 Å². The van der Waals surface area contributed by atoms with Gasteiger partial charge in [0.25, 0.3) is 5.91 Å². The summed E-state index contributed by atoms with van der Waals surface area (Å²) in [6, 6.07) is 5.53. The molecule has 1 aromatic rings. The minimum Gasteiger partial charge on any atom is -0.452 e. The number of nitrogens with zero attached hydrogens (tertiary/aromatic N) is 2. The zero-order valence-electron chi connectivity index (χ0n) is 15.3. The number of anilines is 1. The van der Waals surface area contributed by atoms with E-state index in [-0.39, 0.29) is 10.8 Å². The fourth-order valence-electron chi connectivity index (χ4n) is 2.01. The van der Waals surface area contributed by atoms with Gasteiger partial charge < -0.3 is 15.0 Å². The fraction of sp³-hybridized carbons (Fsp3) is 0.438. The van der Waals surface area contributed by atoms with Crippen molar-refractivity contribution in [2.75, 3.05) is 33.0 Å². The van der Waals surface area contributed by atoms with E-state index in [0.717, 1.165) is 4.31 Å². The number of rotatable bonds is 7. The van der Waals surface area contributed by atoms with Gasteiger partial charge in [0.1, 0.15) is 6.54 Å². The SMILES string of the molecule is CC(=O)Nc1ccc(S(=O)(=O)N(C)CC(=O)O[C@@H](C)C(=O)N(C)C)cc1. The van der Waals surface area contributed by atoms with E-state index in [4.69, 9.17) is 4.74 Å². The normalized spacial score (nSPS) is 12.4. The molecule has 2 amide bonds. The average Bonchev–Trinajstić information content (AvgIpc) is 2.53. The Morgan fingerprint density at radius 2 is 1.65 bits per heavy atom. The molecule has 0 aliphatic rings. The number of carbonyl (C=O) groups is 3. The van der Waals surface area contributed by atoms with Gasteiger partial charge in [-0.25, -0.2) is 8.42 Å². The van der Waals surface area contributed by atoms with Crippen LogP contribution in [0.2, 0.25) is 0 Å². The van der Waals surface area contributed by atoms with Gasteiger partial charge in [0.05, 0.1) is 4.90 Å². The van der Waals surface area contributed by atoms with Gasteiger partial charge in [-0.2, -0.15) is 4.31 Å². The van der Waals surface area contributed by atoms with Gasteiger partial charge in [-0.05, 0) is 31.2 Å². The molecule has 1 atom stereocenters. The Morgan fingerprint density at radius 1 is 1.12 bits per heavy atom. The van der Waals surface area contributed by atoms with Crippen molar-refractivity contribution in [2.45, 2.75) is 24.8 Å². The Balaban J connectivity index is 2.78. The summed E-state index contributed by atoms with van der Waals surface area (Å²) >= 11 is 0. The van der Waals surface area contributed by atoms with Crippen LogP contribution >= 0.6 is 0 Å². The van der Waals surface area contributed by atoms with Crippen molar-refractivity contribution in [1.29, 1.82) is 0 Å². The molecule has 0 heterocycles. The molecule has 1 aromatic carbocycles. The third-order valence-corrected chi connectivity index (χ3v) is 5.15. The van der Waals surface area contributed by atoms with Crippen molar-refractivity contribution in [1.82, 2.24) is 9.21 Å². The molecule has 9 nitrogen and oxygen atoms in total. The van der Waals surface area contributed by atoms with Crippen LogP contribution in [0.3, 0.4) is 0 Å². The molecule has 0 aliphatic heterocycles. The molecule has 0 fully saturated rings. The molecule has 0 bridgehead atoms. The summed E-state index contributed by atoms with van der Waals surface area (Å²) in [6.07, 6.45) is -1.01. The van der Waals surface area contributed by atoms with Crippen LogP contribution in [0, 0.1) is 0 Å². The molecule has 0 saturated carbocycles. The number of amides is 2. The van der Waals surface area contributed by atoms with Crippen molar-refractivity contribution < 1.29 is 27.5 Å². The fourth-order valence-corrected chi connectivity index (χ4v) is 3.12. The molecule has 0 unspecified atom stereocenters. The van der Waals surface area contributed by atoms with E-state index in [0.29, 0.717) is 5.69 Å². The molecular weight excluding hydrogens is 362 g/mol. The van der Waals surface area contributed by atoms with E-state index in [9.17, 15) is 22.8 Å². The second-order valence-electron chi connectivity index (χ2n) is 5.83. The van der Waals surface area contributed by atoms with Gasteiger partial charge in [0.15, 0.2) is 6.10 Å². The van der Waals surface area contributed by atoms with Crippen molar-refractivity contribution in [3.63, 3.8) is 0 Å². The Hall–Kier alpha value is -2.46. The lowest BCUT2D eigenvalue weighted by atomic mass is 10.3. The lowest BCUT2D eigenvalue weighted by Crippen LogP contribution is -2.38. The van der Waals surface area contributed by atoms with Crippen molar-refractivity contribution in [3.05, 3.63) is 24.3 Å². The highest BCUT2D eigenvalue weighted by Crippen LogP contribution is 2.17. The summed E-state index contributed by atoms with van der Waals surface area (Å²) in [4.78, 5) is 35.8.